The molecule has 0 amide bonds. The minimum absolute atomic E-state index is 0.123. The van der Waals surface area contributed by atoms with Gasteiger partial charge >= 0.3 is 11.9 Å². The Bertz CT molecular complexity index is 489. The molecule has 0 bridgehead atoms. The van der Waals surface area contributed by atoms with Gasteiger partial charge in [0.2, 0.25) is 0 Å². The van der Waals surface area contributed by atoms with E-state index >= 15 is 0 Å². The first-order valence-electron chi connectivity index (χ1n) is 9.13. The lowest BCUT2D eigenvalue weighted by Crippen LogP contribution is -2.27. The monoisotopic (exact) mass is 364 g/mol. The summed E-state index contributed by atoms with van der Waals surface area (Å²) in [5.41, 5.74) is 0. The van der Waals surface area contributed by atoms with Crippen LogP contribution in [0.5, 0.6) is 0 Å². The molecule has 1 atom stereocenters. The Morgan fingerprint density at radius 2 is 1.46 bits per heavy atom. The number of carbonyl (C=O) groups is 2. The molecule has 0 aromatic rings. The number of hydrogen-bond acceptors (Lipinski definition) is 5. The maximum Gasteiger partial charge on any atom is 0.306 e. The molecule has 0 fully saturated rings. The third kappa shape index (κ3) is 16.7. The van der Waals surface area contributed by atoms with Crippen LogP contribution in [0.1, 0.15) is 52.4 Å². The molecular weight excluding hydrogens is 332 g/mol. The smallest absolute Gasteiger partial charge is 0.306 e. The van der Waals surface area contributed by atoms with E-state index in [-0.39, 0.29) is 19.6 Å². The molecule has 0 saturated heterocycles. The van der Waals surface area contributed by atoms with Gasteiger partial charge in [-0.25, -0.2) is 0 Å². The summed E-state index contributed by atoms with van der Waals surface area (Å²) >= 11 is 0. The molecule has 1 N–H and O–H groups in total. The van der Waals surface area contributed by atoms with Crippen LogP contribution >= 0.6 is 0 Å². The van der Waals surface area contributed by atoms with Crippen LogP contribution in [0.4, 0.5) is 0 Å². The van der Waals surface area contributed by atoms with Crippen LogP contribution in [0.3, 0.4) is 0 Å². The molecular formula is C21H32O5. The van der Waals surface area contributed by atoms with E-state index in [9.17, 15) is 9.59 Å². The van der Waals surface area contributed by atoms with Gasteiger partial charge in [-0.1, -0.05) is 55.5 Å². The van der Waals surface area contributed by atoms with Crippen molar-refractivity contribution in [2.24, 2.45) is 0 Å². The molecule has 5 nitrogen and oxygen atoms in total. The number of rotatable bonds is 14. The summed E-state index contributed by atoms with van der Waals surface area (Å²) in [6.45, 7) is 2.89. The number of aliphatic hydroxyl groups excluding tert-OH is 1. The number of ether oxygens (including phenoxy) is 2. The molecule has 5 heteroatoms. The maximum atomic E-state index is 11.6. The fourth-order valence-electron chi connectivity index (χ4n) is 1.88. The molecule has 0 saturated carbocycles. The zero-order valence-electron chi connectivity index (χ0n) is 15.9. The summed E-state index contributed by atoms with van der Waals surface area (Å²) in [7, 11) is 0. The molecule has 0 aliphatic rings. The lowest BCUT2D eigenvalue weighted by molar-refractivity contribution is -0.160. The normalized spacial score (nSPS) is 13.2. The predicted molar refractivity (Wildman–Crippen MR) is 104 cm³/mol. The number of carbonyl (C=O) groups excluding carboxylic acids is 2. The fraction of sp³-hybridized carbons (Fsp3) is 0.524. The van der Waals surface area contributed by atoms with Gasteiger partial charge in [0.05, 0.1) is 6.61 Å². The van der Waals surface area contributed by atoms with Crippen LogP contribution < -0.4 is 0 Å². The standard InChI is InChI=1S/C21H32O5/c1-3-4-5-6-7-8-9-10-11-12-13-14-15-16-21(24)26-20(17-22)18-25-19(2)23/h4-5,7-8,10-11,13-14,20,22H,3,6,9,12,15-18H2,1-2H3/b5-4-,8-7-,11-10-,14-13-. The van der Waals surface area contributed by atoms with Crippen LogP contribution in [0.15, 0.2) is 48.6 Å². The van der Waals surface area contributed by atoms with Crippen molar-refractivity contribution in [3.8, 4) is 0 Å². The SMILES string of the molecule is CC/C=C\C/C=C\C/C=C\C/C=C\CCC(=O)OC(CO)COC(C)=O. The van der Waals surface area contributed by atoms with Crippen molar-refractivity contribution in [1.29, 1.82) is 0 Å². The highest BCUT2D eigenvalue weighted by Gasteiger charge is 2.14. The summed E-state index contributed by atoms with van der Waals surface area (Å²) < 4.78 is 9.74. The van der Waals surface area contributed by atoms with E-state index < -0.39 is 18.0 Å². The van der Waals surface area contributed by atoms with Crippen molar-refractivity contribution in [2.75, 3.05) is 13.2 Å². The van der Waals surface area contributed by atoms with Crippen molar-refractivity contribution in [3.63, 3.8) is 0 Å². The fourth-order valence-corrected chi connectivity index (χ4v) is 1.88. The van der Waals surface area contributed by atoms with E-state index in [0.29, 0.717) is 6.42 Å². The van der Waals surface area contributed by atoms with Crippen molar-refractivity contribution in [3.05, 3.63) is 48.6 Å². The Balaban J connectivity index is 3.75. The average Bonchev–Trinajstić information content (AvgIpc) is 2.62. The molecule has 0 heterocycles. The van der Waals surface area contributed by atoms with Gasteiger partial charge in [-0.05, 0) is 32.1 Å². The molecule has 0 aliphatic carbocycles. The Morgan fingerprint density at radius 1 is 0.923 bits per heavy atom. The zero-order valence-corrected chi connectivity index (χ0v) is 15.9. The summed E-state index contributed by atoms with van der Waals surface area (Å²) in [6, 6.07) is 0. The van der Waals surface area contributed by atoms with Gasteiger partial charge in [-0.15, -0.1) is 0 Å². The van der Waals surface area contributed by atoms with Gasteiger partial charge in [-0.2, -0.15) is 0 Å². The molecule has 0 spiro atoms. The number of aliphatic hydroxyl groups is 1. The van der Waals surface area contributed by atoms with Crippen LogP contribution in [-0.4, -0.2) is 36.4 Å². The molecule has 26 heavy (non-hydrogen) atoms. The van der Waals surface area contributed by atoms with Crippen molar-refractivity contribution >= 4 is 11.9 Å². The molecule has 0 aliphatic heterocycles. The second-order valence-electron chi connectivity index (χ2n) is 5.64. The van der Waals surface area contributed by atoms with E-state index in [1.807, 2.05) is 12.2 Å². The first kappa shape index (κ1) is 23.9. The summed E-state index contributed by atoms with van der Waals surface area (Å²) in [5.74, 6) is -0.891. The lowest BCUT2D eigenvalue weighted by Gasteiger charge is -2.14. The van der Waals surface area contributed by atoms with Crippen LogP contribution in [-0.2, 0) is 19.1 Å². The Hall–Kier alpha value is -2.14. The van der Waals surface area contributed by atoms with E-state index in [1.54, 1.807) is 0 Å². The molecule has 0 aromatic carbocycles. The third-order valence-corrected chi connectivity index (χ3v) is 3.21. The first-order chi connectivity index (χ1) is 12.6. The number of hydrogen-bond donors (Lipinski definition) is 1. The Morgan fingerprint density at radius 3 is 1.96 bits per heavy atom. The van der Waals surface area contributed by atoms with Crippen LogP contribution in [0, 0.1) is 0 Å². The van der Waals surface area contributed by atoms with Crippen molar-refractivity contribution < 1.29 is 24.2 Å². The molecule has 0 rings (SSSR count). The molecule has 146 valence electrons. The highest BCUT2D eigenvalue weighted by atomic mass is 16.6. The minimum atomic E-state index is -0.802. The minimum Gasteiger partial charge on any atom is -0.462 e. The second kappa shape index (κ2) is 17.7. The van der Waals surface area contributed by atoms with Gasteiger partial charge in [0.15, 0.2) is 6.10 Å². The van der Waals surface area contributed by atoms with Gasteiger partial charge in [0.25, 0.3) is 0 Å². The van der Waals surface area contributed by atoms with E-state index in [4.69, 9.17) is 14.6 Å². The quantitative estimate of drug-likeness (QED) is 0.372. The van der Waals surface area contributed by atoms with Crippen molar-refractivity contribution in [2.45, 2.75) is 58.5 Å². The third-order valence-electron chi connectivity index (χ3n) is 3.21. The van der Waals surface area contributed by atoms with Crippen LogP contribution in [0.25, 0.3) is 0 Å². The average molecular weight is 364 g/mol. The highest BCUT2D eigenvalue weighted by Crippen LogP contribution is 2.01. The lowest BCUT2D eigenvalue weighted by atomic mass is 10.2. The zero-order chi connectivity index (χ0) is 19.5. The van der Waals surface area contributed by atoms with E-state index in [0.717, 1.165) is 25.7 Å². The van der Waals surface area contributed by atoms with Crippen LogP contribution in [0.2, 0.25) is 0 Å². The summed E-state index contributed by atoms with van der Waals surface area (Å²) in [5, 5.41) is 9.07. The second-order valence-corrected chi connectivity index (χ2v) is 5.64. The highest BCUT2D eigenvalue weighted by molar-refractivity contribution is 5.70. The number of esters is 2. The van der Waals surface area contributed by atoms with E-state index in [1.165, 1.54) is 6.92 Å². The number of allylic oxidation sites excluding steroid dienone is 8. The topological polar surface area (TPSA) is 72.8 Å². The van der Waals surface area contributed by atoms with Gasteiger partial charge in [-0.3, -0.25) is 9.59 Å². The summed E-state index contributed by atoms with van der Waals surface area (Å²) in [6.07, 6.45) is 20.5. The maximum absolute atomic E-state index is 11.6. The molecule has 0 aromatic heterocycles. The molecule has 0 radical (unpaired) electrons. The van der Waals surface area contributed by atoms with Gasteiger partial charge < -0.3 is 14.6 Å². The Labute approximate surface area is 157 Å². The summed E-state index contributed by atoms with van der Waals surface area (Å²) in [4.78, 5) is 22.3. The van der Waals surface area contributed by atoms with Gasteiger partial charge in [0, 0.05) is 13.3 Å². The van der Waals surface area contributed by atoms with E-state index in [2.05, 4.69) is 43.4 Å². The Kier molecular flexibility index (Phi) is 16.2. The van der Waals surface area contributed by atoms with Gasteiger partial charge in [0.1, 0.15) is 6.61 Å². The van der Waals surface area contributed by atoms with Crippen molar-refractivity contribution in [1.82, 2.24) is 0 Å². The molecule has 1 unspecified atom stereocenters. The predicted octanol–water partition coefficient (Wildman–Crippen LogP) is 4.04. The first-order valence-corrected chi connectivity index (χ1v) is 9.13. The largest absolute Gasteiger partial charge is 0.462 e.